The van der Waals surface area contributed by atoms with Crippen LogP contribution in [-0.4, -0.2) is 29.6 Å². The van der Waals surface area contributed by atoms with E-state index in [1.54, 1.807) is 6.07 Å². The van der Waals surface area contributed by atoms with Crippen LogP contribution in [0.4, 0.5) is 4.39 Å². The van der Waals surface area contributed by atoms with Crippen LogP contribution in [0.25, 0.3) is 0 Å². The minimum atomic E-state index is -0.802. The Labute approximate surface area is 102 Å². The molecule has 1 aliphatic heterocycles. The molecular formula is C14H20FNO. The number of hydrogen-bond acceptors (Lipinski definition) is 2. The zero-order chi connectivity index (χ0) is 12.6. The highest BCUT2D eigenvalue weighted by molar-refractivity contribution is 5.32. The van der Waals surface area contributed by atoms with E-state index in [9.17, 15) is 9.50 Å². The normalized spacial score (nSPS) is 30.5. The van der Waals surface area contributed by atoms with E-state index in [1.807, 2.05) is 6.92 Å². The molecule has 1 aromatic carbocycles. The highest BCUT2D eigenvalue weighted by Gasteiger charge is 2.37. The molecule has 1 saturated heterocycles. The average Bonchev–Trinajstić information content (AvgIpc) is 2.24. The number of halogens is 1. The largest absolute Gasteiger partial charge is 0.385 e. The monoisotopic (exact) mass is 237 g/mol. The molecule has 0 aliphatic carbocycles. The lowest BCUT2D eigenvalue weighted by molar-refractivity contribution is -0.0413. The lowest BCUT2D eigenvalue weighted by Crippen LogP contribution is -2.46. The van der Waals surface area contributed by atoms with Gasteiger partial charge < -0.3 is 10.0 Å². The van der Waals surface area contributed by atoms with Crippen molar-refractivity contribution < 1.29 is 9.50 Å². The Morgan fingerprint density at radius 1 is 1.47 bits per heavy atom. The van der Waals surface area contributed by atoms with Crippen LogP contribution >= 0.6 is 0 Å². The van der Waals surface area contributed by atoms with Crippen LogP contribution in [-0.2, 0) is 5.60 Å². The van der Waals surface area contributed by atoms with E-state index in [1.165, 1.54) is 12.1 Å². The Morgan fingerprint density at radius 2 is 2.18 bits per heavy atom. The summed E-state index contributed by atoms with van der Waals surface area (Å²) in [5, 5.41) is 10.8. The highest BCUT2D eigenvalue weighted by Crippen LogP contribution is 2.36. The van der Waals surface area contributed by atoms with E-state index in [-0.39, 0.29) is 5.82 Å². The molecule has 1 fully saturated rings. The van der Waals surface area contributed by atoms with Crippen LogP contribution in [0.3, 0.4) is 0 Å². The highest BCUT2D eigenvalue weighted by atomic mass is 19.1. The topological polar surface area (TPSA) is 23.5 Å². The van der Waals surface area contributed by atoms with Crippen molar-refractivity contribution >= 4 is 0 Å². The first kappa shape index (κ1) is 12.5. The predicted molar refractivity (Wildman–Crippen MR) is 66.4 cm³/mol. The van der Waals surface area contributed by atoms with Crippen molar-refractivity contribution in [1.82, 2.24) is 4.90 Å². The fourth-order valence-electron chi connectivity index (χ4n) is 2.72. The molecule has 1 aliphatic rings. The summed E-state index contributed by atoms with van der Waals surface area (Å²) in [7, 11) is 2.07. The Kier molecular flexibility index (Phi) is 3.23. The van der Waals surface area contributed by atoms with Gasteiger partial charge >= 0.3 is 0 Å². The molecule has 1 heterocycles. The summed E-state index contributed by atoms with van der Waals surface area (Å²) < 4.78 is 13.1. The van der Waals surface area contributed by atoms with Crippen molar-refractivity contribution in [3.63, 3.8) is 0 Å². The van der Waals surface area contributed by atoms with Gasteiger partial charge in [-0.2, -0.15) is 0 Å². The number of aryl methyl sites for hydroxylation is 1. The Bertz CT molecular complexity index is 421. The summed E-state index contributed by atoms with van der Waals surface area (Å²) in [6.07, 6.45) is 1.41. The maximum Gasteiger partial charge on any atom is 0.123 e. The minimum Gasteiger partial charge on any atom is -0.385 e. The second-order valence-corrected chi connectivity index (χ2v) is 5.27. The fraction of sp³-hybridized carbons (Fsp3) is 0.571. The number of aliphatic hydroxyl groups is 1. The van der Waals surface area contributed by atoms with Gasteiger partial charge in [0.05, 0.1) is 5.60 Å². The molecule has 2 nitrogen and oxygen atoms in total. The van der Waals surface area contributed by atoms with E-state index >= 15 is 0 Å². The summed E-state index contributed by atoms with van der Waals surface area (Å²) in [5.74, 6) is -0.240. The molecule has 3 heteroatoms. The Morgan fingerprint density at radius 3 is 2.76 bits per heavy atom. The smallest absolute Gasteiger partial charge is 0.123 e. The van der Waals surface area contributed by atoms with E-state index in [0.717, 1.165) is 17.7 Å². The molecule has 94 valence electrons. The number of rotatable bonds is 1. The molecule has 2 rings (SSSR count). The van der Waals surface area contributed by atoms with Gasteiger partial charge in [-0.05, 0) is 57.0 Å². The molecular weight excluding hydrogens is 217 g/mol. The van der Waals surface area contributed by atoms with Gasteiger partial charge in [-0.25, -0.2) is 4.39 Å². The van der Waals surface area contributed by atoms with Crippen LogP contribution in [0.15, 0.2) is 18.2 Å². The van der Waals surface area contributed by atoms with Gasteiger partial charge in [-0.15, -0.1) is 0 Å². The molecule has 0 aromatic heterocycles. The lowest BCUT2D eigenvalue weighted by Gasteiger charge is -2.42. The second kappa shape index (κ2) is 4.39. The molecule has 2 unspecified atom stereocenters. The standard InChI is InChI=1S/C14H20FNO/c1-10-8-12(15)4-5-13(10)14(17)6-7-16(3)11(2)9-14/h4-5,8,11,17H,6-7,9H2,1-3H3. The van der Waals surface area contributed by atoms with Crippen LogP contribution in [0.5, 0.6) is 0 Å². The van der Waals surface area contributed by atoms with Gasteiger partial charge in [0.15, 0.2) is 0 Å². The second-order valence-electron chi connectivity index (χ2n) is 5.27. The quantitative estimate of drug-likeness (QED) is 0.811. The molecule has 1 N–H and O–H groups in total. The van der Waals surface area contributed by atoms with Crippen molar-refractivity contribution in [1.29, 1.82) is 0 Å². The van der Waals surface area contributed by atoms with Crippen molar-refractivity contribution in [2.24, 2.45) is 0 Å². The zero-order valence-electron chi connectivity index (χ0n) is 10.7. The van der Waals surface area contributed by atoms with E-state index < -0.39 is 5.60 Å². The van der Waals surface area contributed by atoms with Crippen LogP contribution in [0.2, 0.25) is 0 Å². The van der Waals surface area contributed by atoms with Gasteiger partial charge in [0.25, 0.3) is 0 Å². The maximum atomic E-state index is 13.1. The van der Waals surface area contributed by atoms with Crippen LogP contribution in [0, 0.1) is 12.7 Å². The van der Waals surface area contributed by atoms with Gasteiger partial charge in [-0.3, -0.25) is 0 Å². The van der Waals surface area contributed by atoms with Gasteiger partial charge in [0.1, 0.15) is 5.82 Å². The van der Waals surface area contributed by atoms with Gasteiger partial charge in [0, 0.05) is 12.6 Å². The van der Waals surface area contributed by atoms with Gasteiger partial charge in [0.2, 0.25) is 0 Å². The predicted octanol–water partition coefficient (Wildman–Crippen LogP) is 2.44. The summed E-state index contributed by atoms with van der Waals surface area (Å²) in [6.45, 7) is 4.84. The van der Waals surface area contributed by atoms with E-state index in [2.05, 4.69) is 18.9 Å². The summed E-state index contributed by atoms with van der Waals surface area (Å²) >= 11 is 0. The first-order valence-corrected chi connectivity index (χ1v) is 6.11. The average molecular weight is 237 g/mol. The van der Waals surface area contributed by atoms with Crippen LogP contribution in [0.1, 0.15) is 30.9 Å². The van der Waals surface area contributed by atoms with Crippen molar-refractivity contribution in [2.75, 3.05) is 13.6 Å². The molecule has 0 amide bonds. The number of nitrogens with zero attached hydrogens (tertiary/aromatic N) is 1. The number of likely N-dealkylation sites (tertiary alicyclic amines) is 1. The molecule has 2 atom stereocenters. The first-order chi connectivity index (χ1) is 7.92. The van der Waals surface area contributed by atoms with Gasteiger partial charge in [-0.1, -0.05) is 6.07 Å². The number of hydrogen-bond donors (Lipinski definition) is 1. The zero-order valence-corrected chi connectivity index (χ0v) is 10.7. The third-order valence-corrected chi connectivity index (χ3v) is 3.95. The summed E-state index contributed by atoms with van der Waals surface area (Å²) in [4.78, 5) is 2.24. The molecule has 17 heavy (non-hydrogen) atoms. The Hall–Kier alpha value is -0.930. The van der Waals surface area contributed by atoms with Crippen molar-refractivity contribution in [3.05, 3.63) is 35.1 Å². The SMILES string of the molecule is Cc1cc(F)ccc1C1(O)CCN(C)C(C)C1. The fourth-order valence-corrected chi connectivity index (χ4v) is 2.72. The minimum absolute atomic E-state index is 0.240. The number of piperidine rings is 1. The lowest BCUT2D eigenvalue weighted by atomic mass is 9.79. The van der Waals surface area contributed by atoms with Crippen LogP contribution < -0.4 is 0 Å². The summed E-state index contributed by atoms with van der Waals surface area (Å²) in [6, 6.07) is 5.00. The molecule has 1 aromatic rings. The molecule has 0 spiro atoms. The summed E-state index contributed by atoms with van der Waals surface area (Å²) in [5.41, 5.74) is 0.909. The van der Waals surface area contributed by atoms with E-state index in [4.69, 9.17) is 0 Å². The third-order valence-electron chi connectivity index (χ3n) is 3.95. The van der Waals surface area contributed by atoms with Crippen molar-refractivity contribution in [2.45, 2.75) is 38.3 Å². The Balaban J connectivity index is 2.32. The first-order valence-electron chi connectivity index (χ1n) is 6.11. The molecule has 0 saturated carbocycles. The van der Waals surface area contributed by atoms with E-state index in [0.29, 0.717) is 18.9 Å². The third kappa shape index (κ3) is 2.35. The van der Waals surface area contributed by atoms with Crippen molar-refractivity contribution in [3.8, 4) is 0 Å². The molecule has 0 radical (unpaired) electrons. The number of benzene rings is 1. The maximum absolute atomic E-state index is 13.1. The molecule has 0 bridgehead atoms.